The van der Waals surface area contributed by atoms with Crippen molar-refractivity contribution in [2.75, 3.05) is 0 Å². The SMILES string of the molecule is CCCCCCC(=O)NCc1ccc(OC(C)(C)C(=O)O)cc1. The molecule has 0 fully saturated rings. The number of amides is 1. The molecule has 0 heterocycles. The molecule has 0 aliphatic rings. The third kappa shape index (κ3) is 7.17. The minimum absolute atomic E-state index is 0.0634. The number of rotatable bonds is 10. The first kappa shape index (κ1) is 19.0. The number of hydrogen-bond donors (Lipinski definition) is 2. The summed E-state index contributed by atoms with van der Waals surface area (Å²) in [5.41, 5.74) is -0.318. The molecule has 1 aromatic rings. The monoisotopic (exact) mass is 321 g/mol. The number of unbranched alkanes of at least 4 members (excludes halogenated alkanes) is 3. The molecule has 0 aliphatic carbocycles. The van der Waals surface area contributed by atoms with E-state index in [2.05, 4.69) is 12.2 Å². The van der Waals surface area contributed by atoms with Gasteiger partial charge in [-0.3, -0.25) is 4.79 Å². The molecule has 1 aromatic carbocycles. The molecule has 0 aliphatic heterocycles. The van der Waals surface area contributed by atoms with E-state index in [-0.39, 0.29) is 5.91 Å². The second-order valence-corrected chi connectivity index (χ2v) is 6.15. The number of hydrogen-bond acceptors (Lipinski definition) is 3. The van der Waals surface area contributed by atoms with Crippen LogP contribution in [0.15, 0.2) is 24.3 Å². The standard InChI is InChI=1S/C18H27NO4/c1-4-5-6-7-8-16(20)19-13-14-9-11-15(12-10-14)23-18(2,3)17(21)22/h9-12H,4-8,13H2,1-3H3,(H,19,20)(H,21,22). The quantitative estimate of drug-likeness (QED) is 0.647. The highest BCUT2D eigenvalue weighted by molar-refractivity contribution is 5.77. The second kappa shape index (κ2) is 9.18. The number of carboxylic acid groups (broad SMARTS) is 1. The van der Waals surface area contributed by atoms with Crippen LogP contribution in [-0.4, -0.2) is 22.6 Å². The molecule has 23 heavy (non-hydrogen) atoms. The molecule has 0 radical (unpaired) electrons. The summed E-state index contributed by atoms with van der Waals surface area (Å²) in [5.74, 6) is -0.461. The summed E-state index contributed by atoms with van der Waals surface area (Å²) in [6.45, 7) is 5.62. The van der Waals surface area contributed by atoms with Crippen LogP contribution in [0.2, 0.25) is 0 Å². The van der Waals surface area contributed by atoms with E-state index in [0.717, 1.165) is 24.8 Å². The number of aliphatic carboxylic acids is 1. The lowest BCUT2D eigenvalue weighted by atomic mass is 10.1. The number of ether oxygens (including phenoxy) is 1. The normalized spacial score (nSPS) is 11.1. The van der Waals surface area contributed by atoms with Crippen molar-refractivity contribution in [2.45, 2.75) is 65.0 Å². The van der Waals surface area contributed by atoms with Crippen LogP contribution in [0, 0.1) is 0 Å². The number of carbonyl (C=O) groups excluding carboxylic acids is 1. The molecule has 1 amide bonds. The fourth-order valence-corrected chi connectivity index (χ4v) is 2.01. The van der Waals surface area contributed by atoms with E-state index in [9.17, 15) is 9.59 Å². The van der Waals surface area contributed by atoms with Crippen LogP contribution in [-0.2, 0) is 16.1 Å². The predicted molar refractivity (Wildman–Crippen MR) is 89.4 cm³/mol. The number of benzene rings is 1. The van der Waals surface area contributed by atoms with E-state index >= 15 is 0 Å². The Hall–Kier alpha value is -2.04. The molecule has 0 saturated carbocycles. The Morgan fingerprint density at radius 1 is 1.13 bits per heavy atom. The lowest BCUT2D eigenvalue weighted by Gasteiger charge is -2.21. The summed E-state index contributed by atoms with van der Waals surface area (Å²) in [7, 11) is 0. The van der Waals surface area contributed by atoms with Crippen LogP contribution >= 0.6 is 0 Å². The molecular weight excluding hydrogens is 294 g/mol. The van der Waals surface area contributed by atoms with Gasteiger partial charge >= 0.3 is 5.97 Å². The predicted octanol–water partition coefficient (Wildman–Crippen LogP) is 3.52. The third-order valence-corrected chi connectivity index (χ3v) is 3.56. The van der Waals surface area contributed by atoms with Gasteiger partial charge in [0.2, 0.25) is 5.91 Å². The maximum Gasteiger partial charge on any atom is 0.347 e. The molecule has 0 bridgehead atoms. The Balaban J connectivity index is 2.39. The third-order valence-electron chi connectivity index (χ3n) is 3.56. The van der Waals surface area contributed by atoms with Crippen molar-refractivity contribution >= 4 is 11.9 Å². The average Bonchev–Trinajstić information content (AvgIpc) is 2.50. The zero-order valence-electron chi connectivity index (χ0n) is 14.2. The second-order valence-electron chi connectivity index (χ2n) is 6.15. The van der Waals surface area contributed by atoms with E-state index in [1.165, 1.54) is 20.3 Å². The van der Waals surface area contributed by atoms with Gasteiger partial charge in [0.1, 0.15) is 5.75 Å². The molecule has 0 saturated heterocycles. The Labute approximate surface area is 138 Å². The van der Waals surface area contributed by atoms with Gasteiger partial charge in [0, 0.05) is 13.0 Å². The molecule has 2 N–H and O–H groups in total. The van der Waals surface area contributed by atoms with Crippen LogP contribution < -0.4 is 10.1 Å². The van der Waals surface area contributed by atoms with E-state index in [4.69, 9.17) is 9.84 Å². The largest absolute Gasteiger partial charge is 0.478 e. The summed E-state index contributed by atoms with van der Waals surface area (Å²) in [4.78, 5) is 22.7. The molecular formula is C18H27NO4. The van der Waals surface area contributed by atoms with Gasteiger partial charge in [0.15, 0.2) is 5.60 Å². The van der Waals surface area contributed by atoms with Crippen LogP contribution in [0.25, 0.3) is 0 Å². The van der Waals surface area contributed by atoms with Crippen molar-refractivity contribution in [3.8, 4) is 5.75 Å². The Morgan fingerprint density at radius 3 is 2.35 bits per heavy atom. The highest BCUT2D eigenvalue weighted by Gasteiger charge is 2.29. The minimum atomic E-state index is -1.27. The first-order valence-corrected chi connectivity index (χ1v) is 8.13. The fraction of sp³-hybridized carbons (Fsp3) is 0.556. The summed E-state index contributed by atoms with van der Waals surface area (Å²) in [5, 5.41) is 11.9. The maximum atomic E-state index is 11.7. The van der Waals surface area contributed by atoms with E-state index in [0.29, 0.717) is 18.7 Å². The average molecular weight is 321 g/mol. The fourth-order valence-electron chi connectivity index (χ4n) is 2.01. The number of carboxylic acids is 1. The van der Waals surface area contributed by atoms with Gasteiger partial charge in [-0.1, -0.05) is 38.3 Å². The van der Waals surface area contributed by atoms with Gasteiger partial charge in [-0.05, 0) is 38.0 Å². The molecule has 128 valence electrons. The van der Waals surface area contributed by atoms with Crippen LogP contribution in [0.5, 0.6) is 5.75 Å². The minimum Gasteiger partial charge on any atom is -0.478 e. The first-order chi connectivity index (χ1) is 10.8. The van der Waals surface area contributed by atoms with Gasteiger partial charge in [0.05, 0.1) is 0 Å². The van der Waals surface area contributed by atoms with Crippen molar-refractivity contribution in [2.24, 2.45) is 0 Å². The van der Waals surface area contributed by atoms with E-state index < -0.39 is 11.6 Å². The molecule has 0 aromatic heterocycles. The van der Waals surface area contributed by atoms with Crippen molar-refractivity contribution in [3.05, 3.63) is 29.8 Å². The zero-order chi connectivity index (χ0) is 17.3. The molecule has 0 spiro atoms. The van der Waals surface area contributed by atoms with Crippen LogP contribution in [0.3, 0.4) is 0 Å². The van der Waals surface area contributed by atoms with Crippen molar-refractivity contribution in [1.82, 2.24) is 5.32 Å². The maximum absolute atomic E-state index is 11.7. The highest BCUT2D eigenvalue weighted by Crippen LogP contribution is 2.19. The van der Waals surface area contributed by atoms with Crippen molar-refractivity contribution in [1.29, 1.82) is 0 Å². The van der Waals surface area contributed by atoms with Gasteiger partial charge in [-0.25, -0.2) is 4.79 Å². The van der Waals surface area contributed by atoms with Gasteiger partial charge < -0.3 is 15.2 Å². The lowest BCUT2D eigenvalue weighted by molar-refractivity contribution is -0.152. The molecule has 5 nitrogen and oxygen atoms in total. The van der Waals surface area contributed by atoms with Gasteiger partial charge in [-0.15, -0.1) is 0 Å². The molecule has 0 unspecified atom stereocenters. The highest BCUT2D eigenvalue weighted by atomic mass is 16.5. The van der Waals surface area contributed by atoms with Gasteiger partial charge in [-0.2, -0.15) is 0 Å². The number of carbonyl (C=O) groups is 2. The molecule has 0 atom stereocenters. The summed E-state index contributed by atoms with van der Waals surface area (Å²) in [6.07, 6.45) is 4.91. The first-order valence-electron chi connectivity index (χ1n) is 8.13. The van der Waals surface area contributed by atoms with Gasteiger partial charge in [0.25, 0.3) is 0 Å². The van der Waals surface area contributed by atoms with E-state index in [1.54, 1.807) is 12.1 Å². The Kier molecular flexibility index (Phi) is 7.59. The topological polar surface area (TPSA) is 75.6 Å². The zero-order valence-corrected chi connectivity index (χ0v) is 14.2. The number of nitrogens with one attached hydrogen (secondary N) is 1. The summed E-state index contributed by atoms with van der Waals surface area (Å²) < 4.78 is 5.43. The molecule has 5 heteroatoms. The summed E-state index contributed by atoms with van der Waals surface area (Å²) >= 11 is 0. The smallest absolute Gasteiger partial charge is 0.347 e. The van der Waals surface area contributed by atoms with Crippen molar-refractivity contribution in [3.63, 3.8) is 0 Å². The molecule has 1 rings (SSSR count). The Morgan fingerprint density at radius 2 is 1.78 bits per heavy atom. The van der Waals surface area contributed by atoms with E-state index in [1.807, 2.05) is 12.1 Å². The van der Waals surface area contributed by atoms with Crippen LogP contribution in [0.1, 0.15) is 58.4 Å². The summed E-state index contributed by atoms with van der Waals surface area (Å²) in [6, 6.07) is 7.08. The Bertz CT molecular complexity index is 508. The lowest BCUT2D eigenvalue weighted by Crippen LogP contribution is -2.37. The van der Waals surface area contributed by atoms with Crippen molar-refractivity contribution < 1.29 is 19.4 Å². The van der Waals surface area contributed by atoms with Crippen LogP contribution in [0.4, 0.5) is 0 Å².